The highest BCUT2D eigenvalue weighted by atomic mass is 16.5. The molecule has 3 aliphatic carbocycles. The summed E-state index contributed by atoms with van der Waals surface area (Å²) in [5.74, 6) is 3.36. The summed E-state index contributed by atoms with van der Waals surface area (Å²) in [7, 11) is 1.68. The third-order valence-corrected chi connectivity index (χ3v) is 12.3. The van der Waals surface area contributed by atoms with Gasteiger partial charge in [-0.1, -0.05) is 73.5 Å². The van der Waals surface area contributed by atoms with Crippen molar-refractivity contribution >= 4 is 5.78 Å². The number of methoxy groups -OCH3 is 1. The Morgan fingerprint density at radius 3 is 2.53 bits per heavy atom. The molecule has 0 unspecified atom stereocenters. The third kappa shape index (κ3) is 5.65. The molecule has 248 valence electrons. The average molecular weight is 635 g/mol. The van der Waals surface area contributed by atoms with Gasteiger partial charge in [0.2, 0.25) is 0 Å². The van der Waals surface area contributed by atoms with Crippen molar-refractivity contribution in [2.45, 2.75) is 94.2 Å². The van der Waals surface area contributed by atoms with Crippen LogP contribution in [0.2, 0.25) is 0 Å². The number of rotatable bonds is 14. The largest absolute Gasteiger partial charge is 0.508 e. The first-order valence-corrected chi connectivity index (χ1v) is 18.3. The molecule has 2 heterocycles. The number of phenols is 1. The molecule has 3 aromatic carbocycles. The predicted molar refractivity (Wildman–Crippen MR) is 185 cm³/mol. The van der Waals surface area contributed by atoms with E-state index in [1.165, 1.54) is 43.4 Å². The number of aryl methyl sites for hydroxylation is 1. The SMILES string of the molecule is COc1cc(O)c2c3c1O[C@H]1[C@H](N(CCCCCCc4ccccc4)CC(=O)c4ccccc4)CC[C@H]4[C@@H](C2)N(CC2CC2)CC[C@@]341. The minimum absolute atomic E-state index is 0.0572. The Morgan fingerprint density at radius 2 is 1.77 bits per heavy atom. The number of ether oxygens (including phenoxy) is 2. The van der Waals surface area contributed by atoms with Gasteiger partial charge >= 0.3 is 0 Å². The number of Topliss-reactive ketones (excluding diaryl/α,β-unsaturated/α-hetero) is 1. The Balaban J connectivity index is 1.07. The number of ketones is 1. The predicted octanol–water partition coefficient (Wildman–Crippen LogP) is 7.21. The van der Waals surface area contributed by atoms with Crippen LogP contribution in [0, 0.1) is 11.8 Å². The van der Waals surface area contributed by atoms with Crippen LogP contribution in [0.1, 0.15) is 84.8 Å². The Morgan fingerprint density at radius 1 is 1.00 bits per heavy atom. The lowest BCUT2D eigenvalue weighted by molar-refractivity contribution is -0.0882. The van der Waals surface area contributed by atoms with Crippen molar-refractivity contribution in [3.05, 3.63) is 89.0 Å². The summed E-state index contributed by atoms with van der Waals surface area (Å²) in [6.07, 6.45) is 12.4. The van der Waals surface area contributed by atoms with E-state index in [2.05, 4.69) is 40.1 Å². The van der Waals surface area contributed by atoms with E-state index in [4.69, 9.17) is 9.47 Å². The topological polar surface area (TPSA) is 62.2 Å². The van der Waals surface area contributed by atoms with E-state index in [1.807, 2.05) is 30.3 Å². The molecule has 5 atom stereocenters. The quantitative estimate of drug-likeness (QED) is 0.149. The van der Waals surface area contributed by atoms with Crippen molar-refractivity contribution in [1.29, 1.82) is 0 Å². The Kier molecular flexibility index (Phi) is 8.51. The molecule has 3 fully saturated rings. The fraction of sp³-hybridized carbons (Fsp3) is 0.537. The van der Waals surface area contributed by atoms with Crippen molar-refractivity contribution in [2.24, 2.45) is 11.8 Å². The first-order valence-electron chi connectivity index (χ1n) is 18.3. The summed E-state index contributed by atoms with van der Waals surface area (Å²) in [6, 6.07) is 22.9. The molecule has 2 saturated carbocycles. The van der Waals surface area contributed by atoms with Gasteiger partial charge in [-0.2, -0.15) is 0 Å². The van der Waals surface area contributed by atoms with Crippen LogP contribution >= 0.6 is 0 Å². The molecule has 2 bridgehead atoms. The van der Waals surface area contributed by atoms with Crippen LogP contribution in [0.25, 0.3) is 0 Å². The molecule has 1 spiro atoms. The summed E-state index contributed by atoms with van der Waals surface area (Å²) >= 11 is 0. The number of nitrogens with zero attached hydrogens (tertiary/aromatic N) is 2. The molecule has 0 radical (unpaired) electrons. The molecule has 1 N–H and O–H groups in total. The van der Waals surface area contributed by atoms with E-state index in [1.54, 1.807) is 13.2 Å². The van der Waals surface area contributed by atoms with Gasteiger partial charge in [0.15, 0.2) is 17.3 Å². The molecule has 0 aromatic heterocycles. The maximum atomic E-state index is 13.8. The zero-order chi connectivity index (χ0) is 32.0. The molecular formula is C41H50N2O4. The number of piperidine rings is 1. The van der Waals surface area contributed by atoms with Crippen molar-refractivity contribution in [3.8, 4) is 17.2 Å². The molecule has 2 aliphatic heterocycles. The number of aromatic hydroxyl groups is 1. The zero-order valence-electron chi connectivity index (χ0n) is 27.9. The number of benzene rings is 3. The van der Waals surface area contributed by atoms with Crippen molar-refractivity contribution < 1.29 is 19.4 Å². The lowest BCUT2D eigenvalue weighted by Crippen LogP contribution is -2.69. The zero-order valence-corrected chi connectivity index (χ0v) is 27.9. The van der Waals surface area contributed by atoms with Gasteiger partial charge in [-0.25, -0.2) is 0 Å². The third-order valence-electron chi connectivity index (χ3n) is 12.3. The van der Waals surface area contributed by atoms with Crippen LogP contribution < -0.4 is 9.47 Å². The van der Waals surface area contributed by atoms with Gasteiger partial charge in [-0.3, -0.25) is 14.6 Å². The molecule has 6 heteroatoms. The monoisotopic (exact) mass is 634 g/mol. The molecule has 6 nitrogen and oxygen atoms in total. The number of carbonyl (C=O) groups excluding carboxylic acids is 1. The van der Waals surface area contributed by atoms with Gasteiger partial charge in [0.25, 0.3) is 0 Å². The fourth-order valence-corrected chi connectivity index (χ4v) is 9.94. The Labute approximate surface area is 280 Å². The van der Waals surface area contributed by atoms with Crippen LogP contribution in [0.3, 0.4) is 0 Å². The van der Waals surface area contributed by atoms with Gasteiger partial charge in [-0.05, 0) is 88.3 Å². The number of phenolic OH excluding ortho intramolecular Hbond substituents is 1. The van der Waals surface area contributed by atoms with E-state index >= 15 is 0 Å². The van der Waals surface area contributed by atoms with Crippen molar-refractivity contribution in [1.82, 2.24) is 9.80 Å². The second-order valence-corrected chi connectivity index (χ2v) is 15.0. The Bertz CT molecular complexity index is 1570. The number of likely N-dealkylation sites (tertiary alicyclic amines) is 1. The van der Waals surface area contributed by atoms with Crippen LogP contribution in [0.4, 0.5) is 0 Å². The lowest BCUT2D eigenvalue weighted by Gasteiger charge is -2.60. The summed E-state index contributed by atoms with van der Waals surface area (Å²) in [6.45, 7) is 3.55. The first-order chi connectivity index (χ1) is 23.1. The molecule has 0 amide bonds. The highest BCUT2D eigenvalue weighted by Crippen LogP contribution is 2.65. The molecule has 3 aromatic rings. The molecular weight excluding hydrogens is 584 g/mol. The van der Waals surface area contributed by atoms with Crippen molar-refractivity contribution in [2.75, 3.05) is 33.3 Å². The highest BCUT2D eigenvalue weighted by Gasteiger charge is 2.67. The van der Waals surface area contributed by atoms with Gasteiger partial charge < -0.3 is 14.6 Å². The maximum Gasteiger partial charge on any atom is 0.176 e. The van der Waals surface area contributed by atoms with Crippen LogP contribution in [0.5, 0.6) is 17.2 Å². The minimum Gasteiger partial charge on any atom is -0.508 e. The number of hydrogen-bond donors (Lipinski definition) is 1. The van der Waals surface area contributed by atoms with Crippen LogP contribution in [-0.4, -0.2) is 72.2 Å². The summed E-state index contributed by atoms with van der Waals surface area (Å²) in [5, 5.41) is 11.4. The van der Waals surface area contributed by atoms with Gasteiger partial charge in [0.05, 0.1) is 13.7 Å². The minimum atomic E-state index is -0.160. The number of hydrogen-bond acceptors (Lipinski definition) is 6. The second kappa shape index (κ2) is 12.9. The van der Waals surface area contributed by atoms with Gasteiger partial charge in [0, 0.05) is 46.8 Å². The van der Waals surface area contributed by atoms with E-state index in [9.17, 15) is 9.90 Å². The van der Waals surface area contributed by atoms with E-state index in [-0.39, 0.29) is 23.3 Å². The average Bonchev–Trinajstić information content (AvgIpc) is 3.86. The molecule has 1 saturated heterocycles. The summed E-state index contributed by atoms with van der Waals surface area (Å²) in [4.78, 5) is 19.0. The van der Waals surface area contributed by atoms with Crippen LogP contribution in [-0.2, 0) is 18.3 Å². The van der Waals surface area contributed by atoms with Gasteiger partial charge in [0.1, 0.15) is 11.9 Å². The summed E-state index contributed by atoms with van der Waals surface area (Å²) < 4.78 is 13.0. The van der Waals surface area contributed by atoms with Gasteiger partial charge in [-0.15, -0.1) is 0 Å². The second-order valence-electron chi connectivity index (χ2n) is 15.0. The molecule has 8 rings (SSSR count). The highest BCUT2D eigenvalue weighted by molar-refractivity contribution is 5.97. The fourth-order valence-electron chi connectivity index (χ4n) is 9.94. The maximum absolute atomic E-state index is 13.8. The lowest BCUT2D eigenvalue weighted by atomic mass is 9.50. The van der Waals surface area contributed by atoms with E-state index < -0.39 is 0 Å². The smallest absolute Gasteiger partial charge is 0.176 e. The molecule has 47 heavy (non-hydrogen) atoms. The first kappa shape index (κ1) is 31.0. The van der Waals surface area contributed by atoms with E-state index in [0.717, 1.165) is 80.8 Å². The van der Waals surface area contributed by atoms with Crippen molar-refractivity contribution in [3.63, 3.8) is 0 Å². The number of carbonyl (C=O) groups is 1. The number of unbranched alkanes of at least 4 members (excludes halogenated alkanes) is 3. The standard InChI is InChI=1S/C41H50N2O4/c1-46-37-25-35(44)31-24-34-32-19-20-33(40-41(32,38(31)39(37)47-40)21-23-43(34)26-29-17-18-29)42(27-36(45)30-15-9-5-10-16-30)22-11-3-2-6-12-28-13-7-4-8-14-28/h4-5,7-10,13-16,25,29,32-34,40,44H,2-3,6,11-12,17-24,26-27H2,1H3/t32-,33+,34+,40-,41-/m0/s1. The van der Waals surface area contributed by atoms with Crippen LogP contribution in [0.15, 0.2) is 66.7 Å². The normalized spacial score (nSPS) is 27.4. The molecule has 5 aliphatic rings. The summed E-state index contributed by atoms with van der Waals surface area (Å²) in [5.41, 5.74) is 4.34. The van der Waals surface area contributed by atoms with E-state index in [0.29, 0.717) is 30.0 Å². The Hall–Kier alpha value is -3.35.